The van der Waals surface area contributed by atoms with Gasteiger partial charge in [0.1, 0.15) is 6.73 Å². The molecule has 2 rings (SSSR count). The van der Waals surface area contributed by atoms with Crippen LogP contribution in [-0.4, -0.2) is 22.3 Å². The molecule has 0 unspecified atom stereocenters. The van der Waals surface area contributed by atoms with Gasteiger partial charge in [-0.3, -0.25) is 4.79 Å². The second-order valence-corrected chi connectivity index (χ2v) is 3.63. The summed E-state index contributed by atoms with van der Waals surface area (Å²) in [7, 11) is 0. The first-order chi connectivity index (χ1) is 7.24. The van der Waals surface area contributed by atoms with Crippen LogP contribution in [0, 0.1) is 6.92 Å². The van der Waals surface area contributed by atoms with E-state index in [1.807, 2.05) is 6.92 Å². The fourth-order valence-corrected chi connectivity index (χ4v) is 1.65. The Hall–Kier alpha value is -1.36. The minimum atomic E-state index is -0.0812. The van der Waals surface area contributed by atoms with Gasteiger partial charge in [0.05, 0.1) is 0 Å². The van der Waals surface area contributed by atoms with Gasteiger partial charge in [-0.1, -0.05) is 6.92 Å². The molecule has 0 radical (unpaired) electrons. The predicted molar refractivity (Wildman–Crippen MR) is 54.4 cm³/mol. The van der Waals surface area contributed by atoms with Crippen molar-refractivity contribution in [1.29, 1.82) is 0 Å². The fraction of sp³-hybridized carbons (Fsp3) is 0.600. The number of amides is 1. The molecule has 5 heteroatoms. The van der Waals surface area contributed by atoms with Crippen LogP contribution in [0.1, 0.15) is 35.1 Å². The van der Waals surface area contributed by atoms with Crippen molar-refractivity contribution in [1.82, 2.24) is 15.1 Å². The predicted octanol–water partition coefficient (Wildman–Crippen LogP) is 0.819. The van der Waals surface area contributed by atoms with Crippen molar-refractivity contribution in [3.05, 3.63) is 17.0 Å². The van der Waals surface area contributed by atoms with Crippen LogP contribution in [0.2, 0.25) is 0 Å². The standard InChI is InChI=1S/C10H15N3O2/c1-3-4-15-6-13-7(2)8-5-11-10(14)9(8)12-13/h3-6H2,1-2H3,(H,11,14). The molecule has 0 saturated heterocycles. The Morgan fingerprint density at radius 1 is 1.60 bits per heavy atom. The van der Waals surface area contributed by atoms with Gasteiger partial charge in [-0.05, 0) is 13.3 Å². The third-order valence-corrected chi connectivity index (χ3v) is 2.53. The quantitative estimate of drug-likeness (QED) is 0.747. The number of hydrogen-bond donors (Lipinski definition) is 1. The summed E-state index contributed by atoms with van der Waals surface area (Å²) >= 11 is 0. The lowest BCUT2D eigenvalue weighted by Gasteiger charge is -2.05. The Kier molecular flexibility index (Phi) is 2.73. The average Bonchev–Trinajstić information content (AvgIpc) is 2.72. The van der Waals surface area contributed by atoms with E-state index >= 15 is 0 Å². The highest BCUT2D eigenvalue weighted by molar-refractivity contribution is 5.96. The number of fused-ring (bicyclic) bond motifs is 1. The highest BCUT2D eigenvalue weighted by Crippen LogP contribution is 2.18. The number of carbonyl (C=O) groups is 1. The second-order valence-electron chi connectivity index (χ2n) is 3.63. The lowest BCUT2D eigenvalue weighted by molar-refractivity contribution is 0.0671. The zero-order valence-corrected chi connectivity index (χ0v) is 9.04. The number of hydrogen-bond acceptors (Lipinski definition) is 3. The summed E-state index contributed by atoms with van der Waals surface area (Å²) in [6, 6.07) is 0. The third-order valence-electron chi connectivity index (χ3n) is 2.53. The molecule has 2 heterocycles. The number of aromatic nitrogens is 2. The van der Waals surface area contributed by atoms with E-state index in [1.54, 1.807) is 4.68 Å². The maximum atomic E-state index is 11.3. The van der Waals surface area contributed by atoms with E-state index in [-0.39, 0.29) is 5.91 Å². The van der Waals surface area contributed by atoms with E-state index in [1.165, 1.54) is 0 Å². The van der Waals surface area contributed by atoms with Crippen LogP contribution in [-0.2, 0) is 18.0 Å². The van der Waals surface area contributed by atoms with E-state index in [0.717, 1.165) is 24.3 Å². The highest BCUT2D eigenvalue weighted by Gasteiger charge is 2.26. The number of ether oxygens (including phenoxy) is 1. The Morgan fingerprint density at radius 3 is 3.07 bits per heavy atom. The Labute approximate surface area is 88.4 Å². The summed E-state index contributed by atoms with van der Waals surface area (Å²) in [5.41, 5.74) is 2.56. The largest absolute Gasteiger partial charge is 0.359 e. The second kappa shape index (κ2) is 4.02. The highest BCUT2D eigenvalue weighted by atomic mass is 16.5. The Balaban J connectivity index is 2.13. The molecular formula is C10H15N3O2. The van der Waals surface area contributed by atoms with Gasteiger partial charge < -0.3 is 10.1 Å². The molecule has 0 atom stereocenters. The minimum absolute atomic E-state index is 0.0812. The molecule has 0 aromatic carbocycles. The number of rotatable bonds is 4. The lowest BCUT2D eigenvalue weighted by atomic mass is 10.2. The first-order valence-electron chi connectivity index (χ1n) is 5.16. The van der Waals surface area contributed by atoms with Crippen molar-refractivity contribution in [3.63, 3.8) is 0 Å². The smallest absolute Gasteiger partial charge is 0.272 e. The first-order valence-corrected chi connectivity index (χ1v) is 5.16. The molecule has 1 aliphatic rings. The summed E-state index contributed by atoms with van der Waals surface area (Å²) in [6.45, 7) is 5.76. The van der Waals surface area contributed by atoms with Crippen molar-refractivity contribution in [3.8, 4) is 0 Å². The topological polar surface area (TPSA) is 56.1 Å². The Bertz CT molecular complexity index is 384. The summed E-state index contributed by atoms with van der Waals surface area (Å²) in [5.74, 6) is -0.0812. The molecule has 0 saturated carbocycles. The van der Waals surface area contributed by atoms with Gasteiger partial charge in [0.25, 0.3) is 5.91 Å². The summed E-state index contributed by atoms with van der Waals surface area (Å²) in [5, 5.41) is 6.97. The van der Waals surface area contributed by atoms with Crippen molar-refractivity contribution in [2.75, 3.05) is 6.61 Å². The van der Waals surface area contributed by atoms with Crippen LogP contribution < -0.4 is 5.32 Å². The normalized spacial score (nSPS) is 14.1. The van der Waals surface area contributed by atoms with Gasteiger partial charge in [-0.2, -0.15) is 5.10 Å². The van der Waals surface area contributed by atoms with Gasteiger partial charge >= 0.3 is 0 Å². The zero-order valence-electron chi connectivity index (χ0n) is 9.04. The molecule has 0 aliphatic carbocycles. The molecular weight excluding hydrogens is 194 g/mol. The van der Waals surface area contributed by atoms with E-state index in [2.05, 4.69) is 17.3 Å². The number of carbonyl (C=O) groups excluding carboxylic acids is 1. The van der Waals surface area contributed by atoms with E-state index in [9.17, 15) is 4.79 Å². The van der Waals surface area contributed by atoms with Crippen LogP contribution >= 0.6 is 0 Å². The van der Waals surface area contributed by atoms with Crippen molar-refractivity contribution in [2.24, 2.45) is 0 Å². The number of nitrogens with one attached hydrogen (secondary N) is 1. The monoisotopic (exact) mass is 209 g/mol. The van der Waals surface area contributed by atoms with Crippen LogP contribution in [0.4, 0.5) is 0 Å². The van der Waals surface area contributed by atoms with Crippen molar-refractivity contribution in [2.45, 2.75) is 33.5 Å². The average molecular weight is 209 g/mol. The molecule has 1 aromatic heterocycles. The van der Waals surface area contributed by atoms with Gasteiger partial charge in [-0.25, -0.2) is 4.68 Å². The minimum Gasteiger partial charge on any atom is -0.359 e. The van der Waals surface area contributed by atoms with Crippen LogP contribution in [0.5, 0.6) is 0 Å². The fourth-order valence-electron chi connectivity index (χ4n) is 1.65. The molecule has 15 heavy (non-hydrogen) atoms. The third kappa shape index (κ3) is 1.74. The summed E-state index contributed by atoms with van der Waals surface area (Å²) in [4.78, 5) is 11.3. The SMILES string of the molecule is CCCOCn1nc2c(c1C)CNC2=O. The molecule has 0 bridgehead atoms. The maximum Gasteiger partial charge on any atom is 0.272 e. The molecule has 1 amide bonds. The molecule has 5 nitrogen and oxygen atoms in total. The number of nitrogens with zero attached hydrogens (tertiary/aromatic N) is 2. The van der Waals surface area contributed by atoms with Gasteiger partial charge in [0, 0.05) is 24.4 Å². The molecule has 1 N–H and O–H groups in total. The van der Waals surface area contributed by atoms with Crippen molar-refractivity contribution >= 4 is 5.91 Å². The van der Waals surface area contributed by atoms with E-state index in [0.29, 0.717) is 19.0 Å². The van der Waals surface area contributed by atoms with Gasteiger partial charge in [0.15, 0.2) is 5.69 Å². The van der Waals surface area contributed by atoms with E-state index in [4.69, 9.17) is 4.74 Å². The van der Waals surface area contributed by atoms with Crippen LogP contribution in [0.25, 0.3) is 0 Å². The van der Waals surface area contributed by atoms with Crippen LogP contribution in [0.15, 0.2) is 0 Å². The zero-order chi connectivity index (χ0) is 10.8. The molecule has 82 valence electrons. The van der Waals surface area contributed by atoms with Crippen molar-refractivity contribution < 1.29 is 9.53 Å². The molecule has 1 aromatic rings. The Morgan fingerprint density at radius 2 is 2.40 bits per heavy atom. The summed E-state index contributed by atoms with van der Waals surface area (Å²) in [6.07, 6.45) is 0.987. The lowest BCUT2D eigenvalue weighted by Crippen LogP contribution is -2.17. The van der Waals surface area contributed by atoms with E-state index < -0.39 is 0 Å². The van der Waals surface area contributed by atoms with Crippen LogP contribution in [0.3, 0.4) is 0 Å². The summed E-state index contributed by atoms with van der Waals surface area (Å²) < 4.78 is 7.14. The van der Waals surface area contributed by atoms with Gasteiger partial charge in [-0.15, -0.1) is 0 Å². The maximum absolute atomic E-state index is 11.3. The molecule has 0 spiro atoms. The molecule has 1 aliphatic heterocycles. The van der Waals surface area contributed by atoms with Gasteiger partial charge in [0.2, 0.25) is 0 Å². The first kappa shape index (κ1) is 10.2. The molecule has 0 fully saturated rings.